The summed E-state index contributed by atoms with van der Waals surface area (Å²) >= 11 is 0. The first-order chi connectivity index (χ1) is 13.6. The fraction of sp³-hybridized carbons (Fsp3) is 0.739. The van der Waals surface area contributed by atoms with E-state index in [4.69, 9.17) is 0 Å². The Morgan fingerprint density at radius 2 is 1.55 bits per heavy atom. The Morgan fingerprint density at radius 3 is 2.07 bits per heavy atom. The number of piperazine rings is 1. The van der Waals surface area contributed by atoms with Gasteiger partial charge in [0.25, 0.3) is 0 Å². The number of hydrogen-bond donors (Lipinski definition) is 0. The molecule has 2 bridgehead atoms. The molecule has 3 nitrogen and oxygen atoms in total. The summed E-state index contributed by atoms with van der Waals surface area (Å²) in [6, 6.07) is 9.47. The van der Waals surface area contributed by atoms with Crippen LogP contribution in [0.5, 0.6) is 0 Å². The van der Waals surface area contributed by atoms with E-state index in [1.165, 1.54) is 5.56 Å². The zero-order valence-corrected chi connectivity index (χ0v) is 18.0. The lowest BCUT2D eigenvalue weighted by molar-refractivity contribution is -0.238. The first-order valence-electron chi connectivity index (χ1n) is 10.9. The smallest absolute Gasteiger partial charge is 0.298 e. The highest BCUT2D eigenvalue weighted by Gasteiger charge is 2.57. The van der Waals surface area contributed by atoms with Crippen molar-refractivity contribution in [2.75, 3.05) is 26.2 Å². The third kappa shape index (κ3) is 4.08. The maximum atomic E-state index is 14.1. The molecule has 4 heterocycles. The van der Waals surface area contributed by atoms with Crippen LogP contribution in [0.1, 0.15) is 52.0 Å². The standard InChI is InChI=1S/C23H34F3N3/c1-16(2)27-14-19-10-20(15-27)29(19)21(23(24,25)26)11-22(3,4)28-12-18(13-28)17-8-6-5-7-9-17/h5-9,16,18-21H,10-15H2,1-4H3. The zero-order valence-electron chi connectivity index (χ0n) is 18.0. The van der Waals surface area contributed by atoms with Gasteiger partial charge in [0.05, 0.1) is 0 Å². The molecule has 1 aromatic carbocycles. The number of rotatable bonds is 6. The second-order valence-corrected chi connectivity index (χ2v) is 10.1. The van der Waals surface area contributed by atoms with E-state index in [1.807, 2.05) is 32.0 Å². The molecule has 0 N–H and O–H groups in total. The molecule has 0 aliphatic carbocycles. The Morgan fingerprint density at radius 1 is 0.966 bits per heavy atom. The van der Waals surface area contributed by atoms with Gasteiger partial charge in [-0.05, 0) is 46.1 Å². The van der Waals surface area contributed by atoms with Gasteiger partial charge in [-0.1, -0.05) is 30.3 Å². The number of alkyl halides is 3. The van der Waals surface area contributed by atoms with Gasteiger partial charge in [-0.25, -0.2) is 0 Å². The second-order valence-electron chi connectivity index (χ2n) is 10.1. The van der Waals surface area contributed by atoms with Gasteiger partial charge in [-0.2, -0.15) is 13.2 Å². The van der Waals surface area contributed by atoms with Crippen molar-refractivity contribution >= 4 is 0 Å². The fourth-order valence-electron chi connectivity index (χ4n) is 5.50. The Hall–Kier alpha value is -1.11. The minimum atomic E-state index is -4.18. The minimum Gasteiger partial charge on any atom is -0.298 e. The molecule has 29 heavy (non-hydrogen) atoms. The molecule has 0 aromatic heterocycles. The lowest BCUT2D eigenvalue weighted by Gasteiger charge is -2.61. The molecular formula is C23H34F3N3. The number of fused-ring (bicyclic) bond motifs is 2. The summed E-state index contributed by atoms with van der Waals surface area (Å²) in [5.41, 5.74) is 0.825. The van der Waals surface area contributed by atoms with Crippen molar-refractivity contribution in [2.45, 2.75) is 82.3 Å². The molecule has 4 fully saturated rings. The Kier molecular flexibility index (Phi) is 5.50. The van der Waals surface area contributed by atoms with E-state index in [0.29, 0.717) is 12.0 Å². The molecule has 1 aromatic rings. The molecule has 0 amide bonds. The highest BCUT2D eigenvalue weighted by Crippen LogP contribution is 2.44. The van der Waals surface area contributed by atoms with Gasteiger partial charge in [0.15, 0.2) is 0 Å². The molecule has 162 valence electrons. The van der Waals surface area contributed by atoms with E-state index in [-0.39, 0.29) is 18.5 Å². The van der Waals surface area contributed by atoms with E-state index < -0.39 is 17.8 Å². The van der Waals surface area contributed by atoms with E-state index in [0.717, 1.165) is 32.6 Å². The van der Waals surface area contributed by atoms with Gasteiger partial charge in [-0.3, -0.25) is 14.7 Å². The average Bonchev–Trinajstić information content (AvgIpc) is 2.59. The van der Waals surface area contributed by atoms with Crippen LogP contribution in [-0.2, 0) is 0 Å². The van der Waals surface area contributed by atoms with Crippen molar-refractivity contribution in [1.29, 1.82) is 0 Å². The normalized spacial score (nSPS) is 28.3. The number of halogens is 3. The number of likely N-dealkylation sites (tertiary alicyclic amines) is 1. The summed E-state index contributed by atoms with van der Waals surface area (Å²) < 4.78 is 42.4. The number of piperidine rings is 1. The molecule has 4 aliphatic heterocycles. The quantitative estimate of drug-likeness (QED) is 0.692. The third-order valence-electron chi connectivity index (χ3n) is 7.45. The van der Waals surface area contributed by atoms with E-state index in [2.05, 4.69) is 35.8 Å². The van der Waals surface area contributed by atoms with Crippen LogP contribution in [0.25, 0.3) is 0 Å². The van der Waals surface area contributed by atoms with Crippen LogP contribution in [0, 0.1) is 0 Å². The van der Waals surface area contributed by atoms with E-state index in [1.54, 1.807) is 4.90 Å². The van der Waals surface area contributed by atoms with Gasteiger partial charge in [0, 0.05) is 55.8 Å². The van der Waals surface area contributed by atoms with Crippen LogP contribution in [0.2, 0.25) is 0 Å². The fourth-order valence-corrected chi connectivity index (χ4v) is 5.50. The largest absolute Gasteiger partial charge is 0.404 e. The highest BCUT2D eigenvalue weighted by atomic mass is 19.4. The molecule has 6 heteroatoms. The summed E-state index contributed by atoms with van der Waals surface area (Å²) in [5.74, 6) is 0.433. The lowest BCUT2D eigenvalue weighted by Crippen LogP contribution is -2.74. The van der Waals surface area contributed by atoms with Gasteiger partial charge in [0.1, 0.15) is 6.04 Å². The summed E-state index contributed by atoms with van der Waals surface area (Å²) in [6.45, 7) is 11.5. The lowest BCUT2D eigenvalue weighted by atomic mass is 9.79. The molecule has 3 atom stereocenters. The SMILES string of the molecule is CC(C)N1CC2CC(C1)N2C(CC(C)(C)N1CC(c2ccccc2)C1)C(F)(F)F. The van der Waals surface area contributed by atoms with Crippen molar-refractivity contribution in [3.05, 3.63) is 35.9 Å². The van der Waals surface area contributed by atoms with Crippen molar-refractivity contribution < 1.29 is 13.2 Å². The molecule has 4 saturated heterocycles. The van der Waals surface area contributed by atoms with Crippen molar-refractivity contribution in [1.82, 2.24) is 14.7 Å². The van der Waals surface area contributed by atoms with E-state index in [9.17, 15) is 13.2 Å². The van der Waals surface area contributed by atoms with E-state index >= 15 is 0 Å². The summed E-state index contributed by atoms with van der Waals surface area (Å²) in [6.07, 6.45) is -3.12. The van der Waals surface area contributed by atoms with Crippen LogP contribution in [0.4, 0.5) is 13.2 Å². The molecule has 0 radical (unpaired) electrons. The highest BCUT2D eigenvalue weighted by molar-refractivity contribution is 5.23. The van der Waals surface area contributed by atoms with Gasteiger partial charge >= 0.3 is 6.18 Å². The van der Waals surface area contributed by atoms with Crippen LogP contribution in [0.15, 0.2) is 30.3 Å². The topological polar surface area (TPSA) is 9.72 Å². The molecule has 5 rings (SSSR count). The van der Waals surface area contributed by atoms with Crippen LogP contribution in [-0.4, -0.2) is 76.8 Å². The molecule has 3 unspecified atom stereocenters. The average molecular weight is 410 g/mol. The van der Waals surface area contributed by atoms with Crippen LogP contribution >= 0.6 is 0 Å². The maximum absolute atomic E-state index is 14.1. The monoisotopic (exact) mass is 409 g/mol. The molecule has 0 saturated carbocycles. The number of benzene rings is 1. The third-order valence-corrected chi connectivity index (χ3v) is 7.45. The molecule has 4 aliphatic rings. The summed E-state index contributed by atoms with van der Waals surface area (Å²) in [4.78, 5) is 6.36. The number of hydrogen-bond acceptors (Lipinski definition) is 3. The second kappa shape index (κ2) is 7.54. The predicted molar refractivity (Wildman–Crippen MR) is 110 cm³/mol. The Balaban J connectivity index is 1.41. The van der Waals surface area contributed by atoms with Crippen LogP contribution < -0.4 is 0 Å². The zero-order chi connectivity index (χ0) is 21.0. The molecular weight excluding hydrogens is 375 g/mol. The van der Waals surface area contributed by atoms with Crippen molar-refractivity contribution in [3.63, 3.8) is 0 Å². The van der Waals surface area contributed by atoms with Crippen molar-refractivity contribution in [2.24, 2.45) is 0 Å². The maximum Gasteiger partial charge on any atom is 0.404 e. The minimum absolute atomic E-state index is 0.0482. The summed E-state index contributed by atoms with van der Waals surface area (Å²) in [5, 5.41) is 0. The number of nitrogens with zero attached hydrogens (tertiary/aromatic N) is 3. The van der Waals surface area contributed by atoms with Gasteiger partial charge in [0.2, 0.25) is 0 Å². The van der Waals surface area contributed by atoms with Gasteiger partial charge in [-0.15, -0.1) is 0 Å². The first kappa shape index (κ1) is 21.1. The predicted octanol–water partition coefficient (Wildman–Crippen LogP) is 4.35. The molecule has 0 spiro atoms. The van der Waals surface area contributed by atoms with Crippen LogP contribution in [0.3, 0.4) is 0 Å². The van der Waals surface area contributed by atoms with Crippen molar-refractivity contribution in [3.8, 4) is 0 Å². The first-order valence-corrected chi connectivity index (χ1v) is 10.9. The van der Waals surface area contributed by atoms with Gasteiger partial charge < -0.3 is 0 Å². The Bertz CT molecular complexity index is 685. The Labute approximate surface area is 172 Å². The summed E-state index contributed by atoms with van der Waals surface area (Å²) in [7, 11) is 0.